The van der Waals surface area contributed by atoms with Crippen LogP contribution >= 0.6 is 24.0 Å². The number of nitrogens with zero attached hydrogens (tertiary/aromatic N) is 4. The number of guanidine groups is 1. The molecular weight excluding hydrogens is 413 g/mol. The molecule has 1 unspecified atom stereocenters. The average Bonchev–Trinajstić information content (AvgIpc) is 3.08. The molecule has 0 amide bonds. The van der Waals surface area contributed by atoms with Crippen LogP contribution in [0.2, 0.25) is 0 Å². The van der Waals surface area contributed by atoms with Gasteiger partial charge < -0.3 is 10.2 Å². The molecule has 5 nitrogen and oxygen atoms in total. The Morgan fingerprint density at radius 2 is 2.08 bits per heavy atom. The second-order valence-electron chi connectivity index (χ2n) is 6.20. The Kier molecular flexibility index (Phi) is 7.08. The van der Waals surface area contributed by atoms with Crippen molar-refractivity contribution < 1.29 is 0 Å². The van der Waals surface area contributed by atoms with Gasteiger partial charge in [0.2, 0.25) is 0 Å². The van der Waals surface area contributed by atoms with E-state index < -0.39 is 0 Å². The third-order valence-electron chi connectivity index (χ3n) is 4.31. The smallest absolute Gasteiger partial charge is 0.193 e. The first-order valence-electron chi connectivity index (χ1n) is 8.26. The Bertz CT molecular complexity index is 653. The molecule has 0 aliphatic carbocycles. The SMILES string of the molecule is CN=C(NCC(C)Cn1cccn1)N1CCc2ccccc2C1.I. The van der Waals surface area contributed by atoms with Crippen molar-refractivity contribution in [2.45, 2.75) is 26.4 Å². The van der Waals surface area contributed by atoms with E-state index >= 15 is 0 Å². The molecule has 0 fully saturated rings. The van der Waals surface area contributed by atoms with Crippen molar-refractivity contribution in [2.24, 2.45) is 10.9 Å². The van der Waals surface area contributed by atoms with Crippen molar-refractivity contribution in [1.82, 2.24) is 20.0 Å². The largest absolute Gasteiger partial charge is 0.356 e. The van der Waals surface area contributed by atoms with Crippen molar-refractivity contribution in [2.75, 3.05) is 20.1 Å². The van der Waals surface area contributed by atoms with Crippen LogP contribution in [-0.4, -0.2) is 40.8 Å². The molecule has 0 radical (unpaired) electrons. The summed E-state index contributed by atoms with van der Waals surface area (Å²) in [6, 6.07) is 10.7. The Labute approximate surface area is 161 Å². The van der Waals surface area contributed by atoms with Crippen LogP contribution in [0.1, 0.15) is 18.1 Å². The summed E-state index contributed by atoms with van der Waals surface area (Å²) in [5, 5.41) is 7.78. The lowest BCUT2D eigenvalue weighted by Gasteiger charge is -2.32. The monoisotopic (exact) mass is 439 g/mol. The van der Waals surface area contributed by atoms with Crippen LogP contribution in [0.3, 0.4) is 0 Å². The normalized spacial score (nSPS) is 15.4. The fourth-order valence-corrected chi connectivity index (χ4v) is 3.07. The Morgan fingerprint density at radius 3 is 2.79 bits per heavy atom. The van der Waals surface area contributed by atoms with E-state index in [9.17, 15) is 0 Å². The number of hydrogen-bond donors (Lipinski definition) is 1. The van der Waals surface area contributed by atoms with E-state index in [0.29, 0.717) is 5.92 Å². The van der Waals surface area contributed by atoms with E-state index in [1.54, 1.807) is 0 Å². The zero-order chi connectivity index (χ0) is 16.1. The van der Waals surface area contributed by atoms with E-state index in [0.717, 1.165) is 38.6 Å². The van der Waals surface area contributed by atoms with Crippen molar-refractivity contribution in [3.8, 4) is 0 Å². The fourth-order valence-electron chi connectivity index (χ4n) is 3.07. The van der Waals surface area contributed by atoms with Crippen molar-refractivity contribution >= 4 is 29.9 Å². The molecule has 2 heterocycles. The van der Waals surface area contributed by atoms with Crippen molar-refractivity contribution in [3.05, 3.63) is 53.9 Å². The van der Waals surface area contributed by atoms with Crippen LogP contribution in [0.25, 0.3) is 0 Å². The van der Waals surface area contributed by atoms with Crippen LogP contribution in [0, 0.1) is 5.92 Å². The van der Waals surface area contributed by atoms with Gasteiger partial charge in [-0.15, -0.1) is 24.0 Å². The van der Waals surface area contributed by atoms with Gasteiger partial charge in [-0.1, -0.05) is 31.2 Å². The highest BCUT2D eigenvalue weighted by atomic mass is 127. The van der Waals surface area contributed by atoms with Crippen molar-refractivity contribution in [3.63, 3.8) is 0 Å². The third-order valence-corrected chi connectivity index (χ3v) is 4.31. The first-order valence-corrected chi connectivity index (χ1v) is 8.26. The number of hydrogen-bond acceptors (Lipinski definition) is 2. The van der Waals surface area contributed by atoms with Crippen LogP contribution in [0.4, 0.5) is 0 Å². The molecule has 2 aromatic rings. The summed E-state index contributed by atoms with van der Waals surface area (Å²) < 4.78 is 1.98. The summed E-state index contributed by atoms with van der Waals surface area (Å²) in [5.41, 5.74) is 2.87. The molecule has 0 bridgehead atoms. The first-order chi connectivity index (χ1) is 11.3. The fraction of sp³-hybridized carbons (Fsp3) is 0.444. The molecular formula is C18H26IN5. The lowest BCUT2D eigenvalue weighted by Crippen LogP contribution is -2.45. The number of nitrogens with one attached hydrogen (secondary N) is 1. The van der Waals surface area contributed by atoms with Crippen molar-refractivity contribution in [1.29, 1.82) is 0 Å². The second-order valence-corrected chi connectivity index (χ2v) is 6.20. The lowest BCUT2D eigenvalue weighted by molar-refractivity contribution is 0.368. The highest BCUT2D eigenvalue weighted by Crippen LogP contribution is 2.18. The predicted octanol–water partition coefficient (Wildman–Crippen LogP) is 2.77. The maximum Gasteiger partial charge on any atom is 0.193 e. The van der Waals surface area contributed by atoms with E-state index in [1.807, 2.05) is 30.2 Å². The van der Waals surface area contributed by atoms with Gasteiger partial charge in [0.05, 0.1) is 0 Å². The summed E-state index contributed by atoms with van der Waals surface area (Å²) >= 11 is 0. The topological polar surface area (TPSA) is 45.5 Å². The minimum absolute atomic E-state index is 0. The summed E-state index contributed by atoms with van der Waals surface area (Å²) in [6.45, 7) is 5.99. The van der Waals surface area contributed by atoms with Gasteiger partial charge in [0.15, 0.2) is 5.96 Å². The van der Waals surface area contributed by atoms with Gasteiger partial charge in [-0.2, -0.15) is 5.10 Å². The van der Waals surface area contributed by atoms with Gasteiger partial charge in [-0.05, 0) is 29.5 Å². The maximum absolute atomic E-state index is 4.46. The number of rotatable bonds is 4. The van der Waals surface area contributed by atoms with Crippen LogP contribution < -0.4 is 5.32 Å². The molecule has 1 N–H and O–H groups in total. The summed E-state index contributed by atoms with van der Waals surface area (Å²) in [5.74, 6) is 1.48. The van der Waals surface area contributed by atoms with E-state index in [1.165, 1.54) is 11.1 Å². The van der Waals surface area contributed by atoms with Gasteiger partial charge in [0.1, 0.15) is 0 Å². The molecule has 1 atom stereocenters. The van der Waals surface area contributed by atoms with Crippen LogP contribution in [0.15, 0.2) is 47.7 Å². The average molecular weight is 439 g/mol. The molecule has 6 heteroatoms. The standard InChI is InChI=1S/C18H25N5.HI/c1-15(13-23-10-5-9-21-23)12-20-18(19-2)22-11-8-16-6-3-4-7-17(16)14-22;/h3-7,9-10,15H,8,11-14H2,1-2H3,(H,19,20);1H. The Morgan fingerprint density at radius 1 is 1.29 bits per heavy atom. The Balaban J connectivity index is 0.00000208. The second kappa shape index (κ2) is 9.05. The summed E-state index contributed by atoms with van der Waals surface area (Å²) in [7, 11) is 1.86. The molecule has 1 aromatic carbocycles. The molecule has 1 aromatic heterocycles. The molecule has 130 valence electrons. The first kappa shape index (κ1) is 18.8. The quantitative estimate of drug-likeness (QED) is 0.453. The number of benzene rings is 1. The molecule has 0 saturated carbocycles. The van der Waals surface area contributed by atoms with Gasteiger partial charge in [0.25, 0.3) is 0 Å². The number of aliphatic imine (C=N–C) groups is 1. The highest BCUT2D eigenvalue weighted by Gasteiger charge is 2.18. The van der Waals surface area contributed by atoms with Gasteiger partial charge in [-0.3, -0.25) is 9.67 Å². The zero-order valence-corrected chi connectivity index (χ0v) is 16.7. The zero-order valence-electron chi connectivity index (χ0n) is 14.4. The van der Waals surface area contributed by atoms with Crippen LogP contribution in [-0.2, 0) is 19.5 Å². The number of halogens is 1. The minimum Gasteiger partial charge on any atom is -0.356 e. The van der Waals surface area contributed by atoms with E-state index in [4.69, 9.17) is 0 Å². The summed E-state index contributed by atoms with van der Waals surface area (Å²) in [6.07, 6.45) is 4.91. The third kappa shape index (κ3) is 4.72. The van der Waals surface area contributed by atoms with Crippen LogP contribution in [0.5, 0.6) is 0 Å². The Hall–Kier alpha value is -1.57. The molecule has 1 aliphatic rings. The van der Waals surface area contributed by atoms with Gasteiger partial charge in [-0.25, -0.2) is 0 Å². The van der Waals surface area contributed by atoms with E-state index in [2.05, 4.69) is 51.5 Å². The molecule has 0 spiro atoms. The number of aromatic nitrogens is 2. The van der Waals surface area contributed by atoms with Gasteiger partial charge in [0, 0.05) is 45.6 Å². The minimum atomic E-state index is 0. The molecule has 1 aliphatic heterocycles. The van der Waals surface area contributed by atoms with E-state index in [-0.39, 0.29) is 24.0 Å². The molecule has 0 saturated heterocycles. The predicted molar refractivity (Wildman–Crippen MR) is 109 cm³/mol. The maximum atomic E-state index is 4.46. The van der Waals surface area contributed by atoms with Gasteiger partial charge >= 0.3 is 0 Å². The highest BCUT2D eigenvalue weighted by molar-refractivity contribution is 14.0. The molecule has 24 heavy (non-hydrogen) atoms. The summed E-state index contributed by atoms with van der Waals surface area (Å²) in [4.78, 5) is 6.80. The lowest BCUT2D eigenvalue weighted by atomic mass is 10.0. The molecule has 3 rings (SSSR count). The number of fused-ring (bicyclic) bond motifs is 1.